The zero-order chi connectivity index (χ0) is 16.1. The topological polar surface area (TPSA) is 66.8 Å². The minimum absolute atomic E-state index is 0.127. The maximum absolute atomic E-state index is 12.4. The molecule has 120 valence electrons. The number of carbonyl (C=O) groups excluding carboxylic acids is 1. The van der Waals surface area contributed by atoms with Crippen molar-refractivity contribution in [2.24, 2.45) is 0 Å². The Balaban J connectivity index is 2.12. The Bertz CT molecular complexity index is 561. The van der Waals surface area contributed by atoms with Crippen LogP contribution in [0.15, 0.2) is 22.7 Å². The molecule has 1 atom stereocenters. The standard InChI is InChI=1S/C16H20BrNO4/c1-2-22-8-4-7-15(19)18-10-11-5-3-6-13(17)12(11)9-14(18)16(20)21/h3,5-6,14H,2,4,7-10H2,1H3,(H,20,21). The van der Waals surface area contributed by atoms with Gasteiger partial charge in [0.15, 0.2) is 0 Å². The van der Waals surface area contributed by atoms with Gasteiger partial charge in [-0.1, -0.05) is 28.1 Å². The molecule has 22 heavy (non-hydrogen) atoms. The van der Waals surface area contributed by atoms with Gasteiger partial charge in [-0.3, -0.25) is 4.79 Å². The Kier molecular flexibility index (Phi) is 5.97. The van der Waals surface area contributed by atoms with Crippen LogP contribution in [0.2, 0.25) is 0 Å². The van der Waals surface area contributed by atoms with Gasteiger partial charge in [0.05, 0.1) is 0 Å². The number of hydrogen-bond acceptors (Lipinski definition) is 3. The van der Waals surface area contributed by atoms with Gasteiger partial charge in [-0.05, 0) is 30.5 Å². The lowest BCUT2D eigenvalue weighted by Crippen LogP contribution is -2.48. The van der Waals surface area contributed by atoms with E-state index in [1.54, 1.807) is 0 Å². The molecule has 6 heteroatoms. The highest BCUT2D eigenvalue weighted by atomic mass is 79.9. The predicted octanol–water partition coefficient (Wildman–Crippen LogP) is 2.60. The fourth-order valence-corrected chi connectivity index (χ4v) is 3.24. The monoisotopic (exact) mass is 369 g/mol. The minimum Gasteiger partial charge on any atom is -0.480 e. The second-order valence-electron chi connectivity index (χ2n) is 5.26. The Morgan fingerprint density at radius 1 is 1.45 bits per heavy atom. The number of aliphatic carboxylic acids is 1. The van der Waals surface area contributed by atoms with E-state index < -0.39 is 12.0 Å². The van der Waals surface area contributed by atoms with E-state index in [4.69, 9.17) is 4.74 Å². The fourth-order valence-electron chi connectivity index (χ4n) is 2.67. The largest absolute Gasteiger partial charge is 0.480 e. The fraction of sp³-hybridized carbons (Fsp3) is 0.500. The highest BCUT2D eigenvalue weighted by Gasteiger charge is 2.34. The van der Waals surface area contributed by atoms with Crippen molar-refractivity contribution < 1.29 is 19.4 Å². The Morgan fingerprint density at radius 3 is 2.91 bits per heavy atom. The lowest BCUT2D eigenvalue weighted by atomic mass is 9.93. The summed E-state index contributed by atoms with van der Waals surface area (Å²) in [6, 6.07) is 4.95. The highest BCUT2D eigenvalue weighted by molar-refractivity contribution is 9.10. The van der Waals surface area contributed by atoms with Crippen LogP contribution >= 0.6 is 15.9 Å². The van der Waals surface area contributed by atoms with Crippen LogP contribution in [0.5, 0.6) is 0 Å². The zero-order valence-electron chi connectivity index (χ0n) is 12.5. The van der Waals surface area contributed by atoms with E-state index >= 15 is 0 Å². The summed E-state index contributed by atoms with van der Waals surface area (Å²) < 4.78 is 6.13. The van der Waals surface area contributed by atoms with Crippen molar-refractivity contribution in [1.29, 1.82) is 0 Å². The van der Waals surface area contributed by atoms with Crippen LogP contribution in [0.3, 0.4) is 0 Å². The quantitative estimate of drug-likeness (QED) is 0.782. The molecule has 1 aliphatic rings. The number of amides is 1. The van der Waals surface area contributed by atoms with Crippen LogP contribution < -0.4 is 0 Å². The van der Waals surface area contributed by atoms with Crippen LogP contribution in [0.1, 0.15) is 30.9 Å². The van der Waals surface area contributed by atoms with Gasteiger partial charge in [-0.15, -0.1) is 0 Å². The molecule has 1 aromatic carbocycles. The van der Waals surface area contributed by atoms with E-state index in [0.717, 1.165) is 15.6 Å². The molecule has 1 aromatic rings. The van der Waals surface area contributed by atoms with E-state index in [9.17, 15) is 14.7 Å². The molecule has 1 amide bonds. The SMILES string of the molecule is CCOCCCC(=O)N1Cc2cccc(Br)c2CC1C(=O)O. The lowest BCUT2D eigenvalue weighted by molar-refractivity contribution is -0.151. The summed E-state index contributed by atoms with van der Waals surface area (Å²) in [6.07, 6.45) is 1.26. The number of hydrogen-bond donors (Lipinski definition) is 1. The summed E-state index contributed by atoms with van der Waals surface area (Å²) in [5.74, 6) is -1.09. The number of nitrogens with zero attached hydrogens (tertiary/aromatic N) is 1. The van der Waals surface area contributed by atoms with E-state index in [2.05, 4.69) is 15.9 Å². The molecule has 0 bridgehead atoms. The van der Waals surface area contributed by atoms with Crippen molar-refractivity contribution in [2.45, 2.75) is 38.8 Å². The van der Waals surface area contributed by atoms with Gasteiger partial charge in [-0.2, -0.15) is 0 Å². The molecule has 1 N–H and O–H groups in total. The van der Waals surface area contributed by atoms with Gasteiger partial charge in [-0.25, -0.2) is 4.79 Å². The van der Waals surface area contributed by atoms with Crippen LogP contribution in [0.25, 0.3) is 0 Å². The van der Waals surface area contributed by atoms with Gasteiger partial charge in [0.2, 0.25) is 5.91 Å². The van der Waals surface area contributed by atoms with E-state index in [0.29, 0.717) is 39.0 Å². The number of benzene rings is 1. The van der Waals surface area contributed by atoms with Gasteiger partial charge in [0, 0.05) is 37.1 Å². The molecule has 1 heterocycles. The van der Waals surface area contributed by atoms with Crippen molar-refractivity contribution in [1.82, 2.24) is 4.90 Å². The third kappa shape index (κ3) is 3.87. The van der Waals surface area contributed by atoms with Crippen molar-refractivity contribution >= 4 is 27.8 Å². The van der Waals surface area contributed by atoms with Crippen molar-refractivity contribution in [2.75, 3.05) is 13.2 Å². The molecule has 2 rings (SSSR count). The molecule has 0 saturated carbocycles. The summed E-state index contributed by atoms with van der Waals surface area (Å²) in [5, 5.41) is 9.45. The van der Waals surface area contributed by atoms with Crippen LogP contribution in [-0.4, -0.2) is 41.1 Å². The zero-order valence-corrected chi connectivity index (χ0v) is 14.1. The Morgan fingerprint density at radius 2 is 2.23 bits per heavy atom. The second-order valence-corrected chi connectivity index (χ2v) is 6.11. The first-order valence-corrected chi connectivity index (χ1v) is 8.20. The molecule has 0 fully saturated rings. The second kappa shape index (κ2) is 7.74. The molecular weight excluding hydrogens is 350 g/mol. The number of rotatable bonds is 6. The third-order valence-corrected chi connectivity index (χ3v) is 4.56. The van der Waals surface area contributed by atoms with E-state index in [1.807, 2.05) is 25.1 Å². The van der Waals surface area contributed by atoms with Crippen LogP contribution in [-0.2, 0) is 27.3 Å². The highest BCUT2D eigenvalue weighted by Crippen LogP contribution is 2.30. The minimum atomic E-state index is -0.959. The summed E-state index contributed by atoms with van der Waals surface area (Å²) in [4.78, 5) is 25.4. The lowest BCUT2D eigenvalue weighted by Gasteiger charge is -2.35. The van der Waals surface area contributed by atoms with Crippen molar-refractivity contribution in [3.63, 3.8) is 0 Å². The molecule has 0 spiro atoms. The summed E-state index contributed by atoms with van der Waals surface area (Å²) >= 11 is 3.46. The number of ether oxygens (including phenoxy) is 1. The van der Waals surface area contributed by atoms with Gasteiger partial charge >= 0.3 is 5.97 Å². The molecule has 1 aliphatic heterocycles. The maximum Gasteiger partial charge on any atom is 0.326 e. The van der Waals surface area contributed by atoms with Gasteiger partial charge in [0.25, 0.3) is 0 Å². The van der Waals surface area contributed by atoms with E-state index in [-0.39, 0.29) is 5.91 Å². The molecule has 1 unspecified atom stereocenters. The Labute approximate surface area is 138 Å². The Hall–Kier alpha value is -1.40. The summed E-state index contributed by atoms with van der Waals surface area (Å²) in [6.45, 7) is 3.40. The first-order valence-electron chi connectivity index (χ1n) is 7.40. The summed E-state index contributed by atoms with van der Waals surface area (Å²) in [7, 11) is 0. The first kappa shape index (κ1) is 17.0. The number of fused-ring (bicyclic) bond motifs is 1. The van der Waals surface area contributed by atoms with Crippen molar-refractivity contribution in [3.05, 3.63) is 33.8 Å². The average Bonchev–Trinajstić information content (AvgIpc) is 2.50. The first-order chi connectivity index (χ1) is 10.5. The average molecular weight is 370 g/mol. The van der Waals surface area contributed by atoms with Crippen LogP contribution in [0.4, 0.5) is 0 Å². The number of carboxylic acids is 1. The predicted molar refractivity (Wildman–Crippen MR) is 85.5 cm³/mol. The van der Waals surface area contributed by atoms with E-state index in [1.165, 1.54) is 4.90 Å². The third-order valence-electron chi connectivity index (χ3n) is 3.82. The molecule has 0 aromatic heterocycles. The molecule has 0 radical (unpaired) electrons. The maximum atomic E-state index is 12.4. The number of carboxylic acid groups (broad SMARTS) is 1. The summed E-state index contributed by atoms with van der Waals surface area (Å²) in [5.41, 5.74) is 1.98. The molecule has 5 nitrogen and oxygen atoms in total. The molecular formula is C16H20BrNO4. The molecule has 0 aliphatic carbocycles. The van der Waals surface area contributed by atoms with Crippen molar-refractivity contribution in [3.8, 4) is 0 Å². The smallest absolute Gasteiger partial charge is 0.326 e. The van der Waals surface area contributed by atoms with Crippen LogP contribution in [0, 0.1) is 0 Å². The normalized spacial score (nSPS) is 17.2. The number of halogens is 1. The number of carbonyl (C=O) groups is 2. The molecule has 0 saturated heterocycles. The van der Waals surface area contributed by atoms with Gasteiger partial charge < -0.3 is 14.7 Å². The van der Waals surface area contributed by atoms with Gasteiger partial charge in [0.1, 0.15) is 6.04 Å².